The van der Waals surface area contributed by atoms with Crippen LogP contribution in [0.2, 0.25) is 0 Å². The van der Waals surface area contributed by atoms with Crippen LogP contribution < -0.4 is 0 Å². The van der Waals surface area contributed by atoms with Crippen LogP contribution in [0.4, 0.5) is 0 Å². The summed E-state index contributed by atoms with van der Waals surface area (Å²) in [6.07, 6.45) is 4.35. The average Bonchev–Trinajstić information content (AvgIpc) is 2.58. The van der Waals surface area contributed by atoms with E-state index >= 15 is 0 Å². The van der Waals surface area contributed by atoms with Gasteiger partial charge in [-0.05, 0) is 22.6 Å². The first-order valence-corrected chi connectivity index (χ1v) is 5.36. The summed E-state index contributed by atoms with van der Waals surface area (Å²) in [5.74, 6) is 0. The van der Waals surface area contributed by atoms with Crippen LogP contribution in [-0.4, -0.2) is 28.7 Å². The molecule has 2 aromatic heterocycles. The van der Waals surface area contributed by atoms with Gasteiger partial charge < -0.3 is 9.72 Å². The second-order valence-electron chi connectivity index (χ2n) is 2.92. The number of hydrogen-bond donors (Lipinski definition) is 1. The van der Waals surface area contributed by atoms with Gasteiger partial charge >= 0.3 is 0 Å². The number of aromatic nitrogens is 3. The highest BCUT2D eigenvalue weighted by Crippen LogP contribution is 2.20. The van der Waals surface area contributed by atoms with E-state index in [0.29, 0.717) is 6.61 Å². The molecule has 2 heterocycles. The maximum Gasteiger partial charge on any atom is 0.142 e. The number of rotatable bonds is 3. The van der Waals surface area contributed by atoms with Crippen LogP contribution in [0.15, 0.2) is 12.5 Å². The van der Waals surface area contributed by atoms with Gasteiger partial charge in [-0.3, -0.25) is 0 Å². The Morgan fingerprint density at radius 3 is 3.14 bits per heavy atom. The number of aromatic amines is 1. The molecule has 0 aliphatic carbocycles. The van der Waals surface area contributed by atoms with E-state index in [4.69, 9.17) is 4.74 Å². The molecule has 74 valence electrons. The van der Waals surface area contributed by atoms with E-state index in [1.165, 1.54) is 0 Å². The molecule has 0 fully saturated rings. The third kappa shape index (κ3) is 1.74. The van der Waals surface area contributed by atoms with Gasteiger partial charge in [-0.15, -0.1) is 0 Å². The van der Waals surface area contributed by atoms with Crippen LogP contribution in [-0.2, 0) is 11.2 Å². The summed E-state index contributed by atoms with van der Waals surface area (Å²) in [6.45, 7) is 0.688. The molecule has 0 saturated carbocycles. The fraction of sp³-hybridized carbons (Fsp3) is 0.333. The van der Waals surface area contributed by atoms with E-state index in [1.807, 2.05) is 6.20 Å². The minimum absolute atomic E-state index is 0.688. The quantitative estimate of drug-likeness (QED) is 0.879. The lowest BCUT2D eigenvalue weighted by Gasteiger charge is -2.00. The summed E-state index contributed by atoms with van der Waals surface area (Å²) >= 11 is 2.28. The smallest absolute Gasteiger partial charge is 0.142 e. The van der Waals surface area contributed by atoms with E-state index in [2.05, 4.69) is 37.5 Å². The van der Waals surface area contributed by atoms with Crippen molar-refractivity contribution in [1.82, 2.24) is 15.0 Å². The Hall–Kier alpha value is -0.690. The molecule has 0 amide bonds. The third-order valence-electron chi connectivity index (χ3n) is 2.04. The predicted octanol–water partition coefficient (Wildman–Crippen LogP) is 1.75. The highest BCUT2D eigenvalue weighted by Gasteiger charge is 2.08. The maximum absolute atomic E-state index is 5.04. The first kappa shape index (κ1) is 9.85. The predicted molar refractivity (Wildman–Crippen MR) is 62.2 cm³/mol. The molecule has 0 saturated heterocycles. The molecule has 0 radical (unpaired) electrons. The second kappa shape index (κ2) is 4.22. The summed E-state index contributed by atoms with van der Waals surface area (Å²) in [5.41, 5.74) is 1.94. The molecule has 4 nitrogen and oxygen atoms in total. The number of H-pyrrole nitrogens is 1. The number of fused-ring (bicyclic) bond motifs is 1. The molecule has 0 spiro atoms. The van der Waals surface area contributed by atoms with Gasteiger partial charge in [0.25, 0.3) is 0 Å². The van der Waals surface area contributed by atoms with Crippen molar-refractivity contribution >= 4 is 33.6 Å². The minimum atomic E-state index is 0.688. The van der Waals surface area contributed by atoms with E-state index in [0.717, 1.165) is 26.7 Å². The second-order valence-corrected chi connectivity index (χ2v) is 4.09. The lowest BCUT2D eigenvalue weighted by atomic mass is 10.2. The molecular weight excluding hydrogens is 293 g/mol. The van der Waals surface area contributed by atoms with Gasteiger partial charge in [0, 0.05) is 23.3 Å². The average molecular weight is 303 g/mol. The number of nitrogens with one attached hydrogen (secondary N) is 1. The summed E-state index contributed by atoms with van der Waals surface area (Å²) in [5, 5.41) is 1.12. The Bertz CT molecular complexity index is 441. The summed E-state index contributed by atoms with van der Waals surface area (Å²) < 4.78 is 6.19. The van der Waals surface area contributed by atoms with Crippen molar-refractivity contribution in [3.63, 3.8) is 0 Å². The maximum atomic E-state index is 5.04. The van der Waals surface area contributed by atoms with E-state index < -0.39 is 0 Å². The van der Waals surface area contributed by atoms with E-state index in [1.54, 1.807) is 13.4 Å². The van der Waals surface area contributed by atoms with Crippen LogP contribution in [0.1, 0.15) is 5.69 Å². The van der Waals surface area contributed by atoms with Gasteiger partial charge in [-0.25, -0.2) is 9.97 Å². The van der Waals surface area contributed by atoms with Crippen molar-refractivity contribution in [3.8, 4) is 0 Å². The molecule has 0 aliphatic rings. The monoisotopic (exact) mass is 303 g/mol. The van der Waals surface area contributed by atoms with Crippen molar-refractivity contribution in [3.05, 3.63) is 21.8 Å². The number of nitrogens with zero attached hydrogens (tertiary/aromatic N) is 2. The number of halogens is 1. The minimum Gasteiger partial charge on any atom is -0.384 e. The zero-order valence-electron chi connectivity index (χ0n) is 7.75. The van der Waals surface area contributed by atoms with Gasteiger partial charge in [0.2, 0.25) is 0 Å². The Kier molecular flexibility index (Phi) is 2.97. The fourth-order valence-corrected chi connectivity index (χ4v) is 2.10. The Morgan fingerprint density at radius 1 is 1.50 bits per heavy atom. The van der Waals surface area contributed by atoms with Gasteiger partial charge in [0.15, 0.2) is 0 Å². The standard InChI is InChI=1S/C9H10IN3O/c1-14-3-2-7-8-6(10)4-11-9(8)13-5-12-7/h4-5H,2-3H2,1H3,(H,11,12,13). The van der Waals surface area contributed by atoms with Crippen molar-refractivity contribution in [2.45, 2.75) is 6.42 Å². The lowest BCUT2D eigenvalue weighted by Crippen LogP contribution is -1.99. The van der Waals surface area contributed by atoms with Crippen LogP contribution in [0.25, 0.3) is 11.0 Å². The van der Waals surface area contributed by atoms with Gasteiger partial charge in [0.05, 0.1) is 17.7 Å². The fourth-order valence-electron chi connectivity index (χ4n) is 1.37. The van der Waals surface area contributed by atoms with Crippen LogP contribution >= 0.6 is 22.6 Å². The lowest BCUT2D eigenvalue weighted by molar-refractivity contribution is 0.201. The number of ether oxygens (including phenoxy) is 1. The van der Waals surface area contributed by atoms with Crippen LogP contribution in [0, 0.1) is 3.57 Å². The van der Waals surface area contributed by atoms with E-state index in [9.17, 15) is 0 Å². The molecule has 2 aromatic rings. The van der Waals surface area contributed by atoms with Gasteiger partial charge in [-0.2, -0.15) is 0 Å². The Morgan fingerprint density at radius 2 is 2.36 bits per heavy atom. The van der Waals surface area contributed by atoms with Crippen molar-refractivity contribution in [2.75, 3.05) is 13.7 Å². The first-order valence-electron chi connectivity index (χ1n) is 4.28. The van der Waals surface area contributed by atoms with Crippen LogP contribution in [0.5, 0.6) is 0 Å². The molecule has 0 aromatic carbocycles. The molecule has 0 bridgehead atoms. The summed E-state index contributed by atoms with van der Waals surface area (Å²) in [6, 6.07) is 0. The highest BCUT2D eigenvalue weighted by molar-refractivity contribution is 14.1. The van der Waals surface area contributed by atoms with Crippen molar-refractivity contribution in [2.24, 2.45) is 0 Å². The van der Waals surface area contributed by atoms with Crippen molar-refractivity contribution < 1.29 is 4.74 Å². The molecule has 0 atom stereocenters. The summed E-state index contributed by atoms with van der Waals surface area (Å²) in [4.78, 5) is 11.5. The molecule has 5 heteroatoms. The van der Waals surface area contributed by atoms with Crippen LogP contribution in [0.3, 0.4) is 0 Å². The SMILES string of the molecule is COCCc1ncnc2[nH]cc(I)c12. The topological polar surface area (TPSA) is 50.8 Å². The number of methoxy groups -OCH3 is 1. The molecular formula is C9H10IN3O. The highest BCUT2D eigenvalue weighted by atomic mass is 127. The molecule has 0 aliphatic heterocycles. The number of hydrogen-bond acceptors (Lipinski definition) is 3. The zero-order chi connectivity index (χ0) is 9.97. The molecule has 0 unspecified atom stereocenters. The molecule has 1 N–H and O–H groups in total. The van der Waals surface area contributed by atoms with Gasteiger partial charge in [-0.1, -0.05) is 0 Å². The van der Waals surface area contributed by atoms with Gasteiger partial charge in [0.1, 0.15) is 12.0 Å². The third-order valence-corrected chi connectivity index (χ3v) is 2.89. The summed E-state index contributed by atoms with van der Waals surface area (Å²) in [7, 11) is 1.69. The molecule has 14 heavy (non-hydrogen) atoms. The normalized spacial score (nSPS) is 11.0. The van der Waals surface area contributed by atoms with E-state index in [-0.39, 0.29) is 0 Å². The largest absolute Gasteiger partial charge is 0.384 e. The van der Waals surface area contributed by atoms with Crippen molar-refractivity contribution in [1.29, 1.82) is 0 Å². The molecule has 2 rings (SSSR count). The Labute approximate surface area is 95.2 Å². The zero-order valence-corrected chi connectivity index (χ0v) is 9.91. The first-order chi connectivity index (χ1) is 6.83. The Balaban J connectivity index is 2.46.